The molecule has 7 heteroatoms. The van der Waals surface area contributed by atoms with E-state index in [-0.39, 0.29) is 18.1 Å². The minimum atomic E-state index is -0.210. The van der Waals surface area contributed by atoms with Crippen molar-refractivity contribution in [3.63, 3.8) is 0 Å². The van der Waals surface area contributed by atoms with Crippen LogP contribution in [0.2, 0.25) is 15.1 Å². The first kappa shape index (κ1) is 19.4. The molecule has 0 unspecified atom stereocenters. The van der Waals surface area contributed by atoms with Gasteiger partial charge in [-0.3, -0.25) is 4.79 Å². The number of amides is 1. The fourth-order valence-electron chi connectivity index (χ4n) is 1.59. The van der Waals surface area contributed by atoms with E-state index in [0.717, 1.165) is 13.0 Å². The summed E-state index contributed by atoms with van der Waals surface area (Å²) in [5.74, 6) is 0.124. The van der Waals surface area contributed by atoms with Crippen molar-refractivity contribution in [2.45, 2.75) is 32.7 Å². The van der Waals surface area contributed by atoms with Gasteiger partial charge in [-0.1, -0.05) is 34.8 Å². The van der Waals surface area contributed by atoms with Gasteiger partial charge in [-0.15, -0.1) is 0 Å². The highest BCUT2D eigenvalue weighted by atomic mass is 35.5. The largest absolute Gasteiger partial charge is 0.482 e. The van der Waals surface area contributed by atoms with Gasteiger partial charge < -0.3 is 15.4 Å². The third kappa shape index (κ3) is 7.54. The highest BCUT2D eigenvalue weighted by Gasteiger charge is 2.10. The Morgan fingerprint density at radius 3 is 2.36 bits per heavy atom. The zero-order valence-electron chi connectivity index (χ0n) is 12.9. The molecule has 0 saturated heterocycles. The summed E-state index contributed by atoms with van der Waals surface area (Å²) in [4.78, 5) is 11.7. The van der Waals surface area contributed by atoms with E-state index in [2.05, 4.69) is 31.4 Å². The number of carbonyl (C=O) groups is 1. The Morgan fingerprint density at radius 1 is 1.09 bits per heavy atom. The molecule has 1 aromatic rings. The van der Waals surface area contributed by atoms with Crippen LogP contribution in [0, 0.1) is 0 Å². The van der Waals surface area contributed by atoms with Crippen LogP contribution in [0.3, 0.4) is 0 Å². The van der Waals surface area contributed by atoms with Crippen LogP contribution in [-0.4, -0.2) is 31.1 Å². The monoisotopic (exact) mass is 366 g/mol. The maximum absolute atomic E-state index is 11.7. The first-order valence-corrected chi connectivity index (χ1v) is 8.11. The zero-order valence-corrected chi connectivity index (χ0v) is 15.2. The normalized spacial score (nSPS) is 11.4. The first-order valence-electron chi connectivity index (χ1n) is 6.98. The lowest BCUT2D eigenvalue weighted by atomic mass is 10.1. The van der Waals surface area contributed by atoms with Crippen molar-refractivity contribution < 1.29 is 9.53 Å². The minimum Gasteiger partial charge on any atom is -0.482 e. The summed E-state index contributed by atoms with van der Waals surface area (Å²) in [6.45, 7) is 7.59. The van der Waals surface area contributed by atoms with Gasteiger partial charge in [0.1, 0.15) is 5.75 Å². The topological polar surface area (TPSA) is 50.4 Å². The molecule has 0 heterocycles. The summed E-state index contributed by atoms with van der Waals surface area (Å²) in [6.07, 6.45) is 0.844. The highest BCUT2D eigenvalue weighted by molar-refractivity contribution is 6.43. The standard InChI is InChI=1S/C15H21Cl3N2O2/c1-15(2,3)20-6-4-5-19-14(21)9-22-13-8-11(17)10(16)7-12(13)18/h7-8,20H,4-6,9H2,1-3H3,(H,19,21). The number of nitrogens with one attached hydrogen (secondary N) is 2. The number of halogens is 3. The number of ether oxygens (including phenoxy) is 1. The molecule has 1 amide bonds. The summed E-state index contributed by atoms with van der Waals surface area (Å²) in [5, 5.41) is 7.11. The number of hydrogen-bond acceptors (Lipinski definition) is 3. The van der Waals surface area contributed by atoms with Crippen LogP contribution in [0.1, 0.15) is 27.2 Å². The third-order valence-corrected chi connectivity index (χ3v) is 3.68. The smallest absolute Gasteiger partial charge is 0.257 e. The molecule has 0 atom stereocenters. The molecule has 2 N–H and O–H groups in total. The first-order chi connectivity index (χ1) is 10.2. The van der Waals surface area contributed by atoms with Crippen molar-refractivity contribution >= 4 is 40.7 Å². The maximum atomic E-state index is 11.7. The molecule has 22 heavy (non-hydrogen) atoms. The molecule has 1 rings (SSSR count). The predicted molar refractivity (Wildman–Crippen MR) is 92.3 cm³/mol. The number of benzene rings is 1. The van der Waals surface area contributed by atoms with Crippen LogP contribution in [0.4, 0.5) is 0 Å². The average Bonchev–Trinajstić information content (AvgIpc) is 2.39. The van der Waals surface area contributed by atoms with Crippen molar-refractivity contribution in [2.75, 3.05) is 19.7 Å². The van der Waals surface area contributed by atoms with Crippen molar-refractivity contribution in [3.8, 4) is 5.75 Å². The lowest BCUT2D eigenvalue weighted by Crippen LogP contribution is -2.38. The Bertz CT molecular complexity index is 516. The average molecular weight is 368 g/mol. The molecule has 0 bridgehead atoms. The molecule has 1 aromatic carbocycles. The van der Waals surface area contributed by atoms with E-state index in [9.17, 15) is 4.79 Å². The number of rotatable bonds is 7. The zero-order chi connectivity index (χ0) is 16.8. The van der Waals surface area contributed by atoms with Gasteiger partial charge in [0.15, 0.2) is 6.61 Å². The Kier molecular flexibility index (Phi) is 7.77. The van der Waals surface area contributed by atoms with Crippen molar-refractivity contribution in [1.82, 2.24) is 10.6 Å². The quantitative estimate of drug-likeness (QED) is 0.567. The molecule has 0 aromatic heterocycles. The van der Waals surface area contributed by atoms with Crippen molar-refractivity contribution in [1.29, 1.82) is 0 Å². The lowest BCUT2D eigenvalue weighted by molar-refractivity contribution is -0.123. The molecule has 0 aliphatic heterocycles. The van der Waals surface area contributed by atoms with Crippen LogP contribution in [-0.2, 0) is 4.79 Å². The van der Waals surface area contributed by atoms with Gasteiger partial charge in [0.2, 0.25) is 0 Å². The molecule has 0 fully saturated rings. The summed E-state index contributed by atoms with van der Waals surface area (Å²) in [6, 6.07) is 2.98. The van der Waals surface area contributed by atoms with E-state index in [1.807, 2.05) is 0 Å². The van der Waals surface area contributed by atoms with Crippen LogP contribution in [0.15, 0.2) is 12.1 Å². The molecule has 0 aliphatic carbocycles. The fourth-order valence-corrected chi connectivity index (χ4v) is 2.18. The van der Waals surface area contributed by atoms with E-state index >= 15 is 0 Å². The fraction of sp³-hybridized carbons (Fsp3) is 0.533. The maximum Gasteiger partial charge on any atom is 0.257 e. The van der Waals surface area contributed by atoms with Crippen molar-refractivity contribution in [3.05, 3.63) is 27.2 Å². The Balaban J connectivity index is 2.28. The Morgan fingerprint density at radius 2 is 1.73 bits per heavy atom. The van der Waals surface area contributed by atoms with Gasteiger partial charge in [0, 0.05) is 18.2 Å². The molecule has 124 valence electrons. The molecule has 0 spiro atoms. The number of carbonyl (C=O) groups excluding carboxylic acids is 1. The lowest BCUT2D eigenvalue weighted by Gasteiger charge is -2.20. The second-order valence-electron chi connectivity index (χ2n) is 5.87. The summed E-state index contributed by atoms with van der Waals surface area (Å²) < 4.78 is 5.34. The van der Waals surface area contributed by atoms with Gasteiger partial charge in [-0.2, -0.15) is 0 Å². The Labute approximate surface area is 146 Å². The van der Waals surface area contributed by atoms with E-state index in [4.69, 9.17) is 39.5 Å². The van der Waals surface area contributed by atoms with Crippen molar-refractivity contribution in [2.24, 2.45) is 0 Å². The van der Waals surface area contributed by atoms with Gasteiger partial charge in [0.05, 0.1) is 15.1 Å². The summed E-state index contributed by atoms with van der Waals surface area (Å²) in [7, 11) is 0. The third-order valence-electron chi connectivity index (χ3n) is 2.66. The molecule has 4 nitrogen and oxygen atoms in total. The minimum absolute atomic E-state index is 0.0811. The molecule has 0 saturated carbocycles. The van der Waals surface area contributed by atoms with E-state index in [1.54, 1.807) is 0 Å². The van der Waals surface area contributed by atoms with Gasteiger partial charge in [-0.25, -0.2) is 0 Å². The second-order valence-corrected chi connectivity index (χ2v) is 7.09. The van der Waals surface area contributed by atoms with Crippen LogP contribution < -0.4 is 15.4 Å². The molecule has 0 radical (unpaired) electrons. The number of hydrogen-bond donors (Lipinski definition) is 2. The highest BCUT2D eigenvalue weighted by Crippen LogP contribution is 2.33. The van der Waals surface area contributed by atoms with Gasteiger partial charge in [0.25, 0.3) is 5.91 Å². The van der Waals surface area contributed by atoms with Crippen LogP contribution in [0.5, 0.6) is 5.75 Å². The Hall–Kier alpha value is -0.680. The molecular formula is C15H21Cl3N2O2. The molecule has 0 aliphatic rings. The van der Waals surface area contributed by atoms with E-state index < -0.39 is 0 Å². The predicted octanol–water partition coefficient (Wildman–Crippen LogP) is 3.92. The molecular weight excluding hydrogens is 347 g/mol. The summed E-state index contributed by atoms with van der Waals surface area (Å²) in [5.41, 5.74) is 0.0811. The van der Waals surface area contributed by atoms with Gasteiger partial charge in [-0.05, 0) is 39.8 Å². The van der Waals surface area contributed by atoms with Gasteiger partial charge >= 0.3 is 0 Å². The van der Waals surface area contributed by atoms with E-state index in [1.165, 1.54) is 12.1 Å². The van der Waals surface area contributed by atoms with Crippen LogP contribution >= 0.6 is 34.8 Å². The van der Waals surface area contributed by atoms with E-state index in [0.29, 0.717) is 27.4 Å². The second kappa shape index (κ2) is 8.82. The van der Waals surface area contributed by atoms with Crippen LogP contribution in [0.25, 0.3) is 0 Å². The summed E-state index contributed by atoms with van der Waals surface area (Å²) >= 11 is 17.7. The SMILES string of the molecule is CC(C)(C)NCCCNC(=O)COc1cc(Cl)c(Cl)cc1Cl.